The lowest BCUT2D eigenvalue weighted by Crippen LogP contribution is -2.22. The minimum absolute atomic E-state index is 0.342. The molecule has 3 amide bonds. The van der Waals surface area contributed by atoms with Gasteiger partial charge in [0, 0.05) is 5.38 Å². The fraction of sp³-hybridized carbons (Fsp3) is 0.167. The number of amides is 3. The lowest BCUT2D eigenvalue weighted by molar-refractivity contribution is -0.120. The minimum atomic E-state index is -0.608. The van der Waals surface area contributed by atoms with Crippen molar-refractivity contribution in [3.8, 4) is 0 Å². The third kappa shape index (κ3) is 1.06. The summed E-state index contributed by atoms with van der Waals surface area (Å²) in [5.74, 6) is -0.342. The van der Waals surface area contributed by atoms with Crippen LogP contribution in [0.5, 0.6) is 0 Å². The second-order valence-electron chi connectivity index (χ2n) is 2.31. The first-order chi connectivity index (χ1) is 5.77. The van der Waals surface area contributed by atoms with Crippen LogP contribution in [0.3, 0.4) is 0 Å². The summed E-state index contributed by atoms with van der Waals surface area (Å²) in [5, 5.41) is 6.31. The van der Waals surface area contributed by atoms with E-state index < -0.39 is 12.1 Å². The number of aromatic nitrogens is 1. The Morgan fingerprint density at radius 1 is 1.50 bits per heavy atom. The predicted molar refractivity (Wildman–Crippen MR) is 41.5 cm³/mol. The summed E-state index contributed by atoms with van der Waals surface area (Å²) >= 11 is 1.39. The van der Waals surface area contributed by atoms with E-state index in [9.17, 15) is 9.59 Å². The number of rotatable bonds is 1. The molecule has 62 valence electrons. The third-order valence-electron chi connectivity index (χ3n) is 1.52. The van der Waals surface area contributed by atoms with Crippen molar-refractivity contribution in [3.05, 3.63) is 16.6 Å². The molecule has 2 rings (SSSR count). The molecule has 2 N–H and O–H groups in total. The van der Waals surface area contributed by atoms with Gasteiger partial charge in [-0.15, -0.1) is 11.3 Å². The Labute approximate surface area is 71.8 Å². The van der Waals surface area contributed by atoms with Crippen molar-refractivity contribution in [3.63, 3.8) is 0 Å². The van der Waals surface area contributed by atoms with E-state index >= 15 is 0 Å². The molecule has 0 radical (unpaired) electrons. The minimum Gasteiger partial charge on any atom is -0.321 e. The van der Waals surface area contributed by atoms with Crippen molar-refractivity contribution in [2.75, 3.05) is 0 Å². The van der Waals surface area contributed by atoms with Crippen LogP contribution in [-0.4, -0.2) is 16.9 Å². The van der Waals surface area contributed by atoms with Crippen LogP contribution in [-0.2, 0) is 4.79 Å². The van der Waals surface area contributed by atoms with Gasteiger partial charge in [0.1, 0.15) is 0 Å². The smallest absolute Gasteiger partial charge is 0.321 e. The highest BCUT2D eigenvalue weighted by Crippen LogP contribution is 2.15. The molecule has 0 aromatic carbocycles. The summed E-state index contributed by atoms with van der Waals surface area (Å²) in [5.41, 5.74) is 2.20. The largest absolute Gasteiger partial charge is 0.322 e. The van der Waals surface area contributed by atoms with Crippen LogP contribution in [0, 0.1) is 0 Å². The summed E-state index contributed by atoms with van der Waals surface area (Å²) in [6, 6.07) is -1.07. The van der Waals surface area contributed by atoms with E-state index in [1.54, 1.807) is 10.9 Å². The van der Waals surface area contributed by atoms with Crippen molar-refractivity contribution in [2.45, 2.75) is 6.04 Å². The zero-order valence-corrected chi connectivity index (χ0v) is 6.72. The molecule has 1 aromatic heterocycles. The highest BCUT2D eigenvalue weighted by molar-refractivity contribution is 7.07. The van der Waals surface area contributed by atoms with E-state index in [0.29, 0.717) is 5.69 Å². The number of carbonyl (C=O) groups is 2. The van der Waals surface area contributed by atoms with Gasteiger partial charge in [-0.25, -0.2) is 9.78 Å². The summed E-state index contributed by atoms with van der Waals surface area (Å²) in [4.78, 5) is 25.7. The molecule has 6 heteroatoms. The Bertz CT molecular complexity index is 322. The SMILES string of the molecule is O=C1NC(=O)C(c2cscn2)N1. The number of thiazole rings is 1. The lowest BCUT2D eigenvalue weighted by atomic mass is 10.2. The van der Waals surface area contributed by atoms with Gasteiger partial charge >= 0.3 is 6.03 Å². The van der Waals surface area contributed by atoms with E-state index in [1.165, 1.54) is 11.3 Å². The van der Waals surface area contributed by atoms with Crippen molar-refractivity contribution in [1.82, 2.24) is 15.6 Å². The zero-order chi connectivity index (χ0) is 8.55. The molecule has 1 aliphatic rings. The number of hydrogen-bond acceptors (Lipinski definition) is 4. The topological polar surface area (TPSA) is 71.1 Å². The third-order valence-corrected chi connectivity index (χ3v) is 2.13. The number of imide groups is 1. The molecule has 1 atom stereocenters. The molecule has 12 heavy (non-hydrogen) atoms. The van der Waals surface area contributed by atoms with Gasteiger partial charge in [0.05, 0.1) is 11.2 Å². The molecule has 0 aliphatic carbocycles. The van der Waals surface area contributed by atoms with Crippen LogP contribution in [0.2, 0.25) is 0 Å². The highest BCUT2D eigenvalue weighted by Gasteiger charge is 2.31. The summed E-state index contributed by atoms with van der Waals surface area (Å²) in [7, 11) is 0. The molecular formula is C6H5N3O2S. The highest BCUT2D eigenvalue weighted by atomic mass is 32.1. The van der Waals surface area contributed by atoms with E-state index in [2.05, 4.69) is 15.6 Å². The van der Waals surface area contributed by atoms with Crippen LogP contribution in [0.15, 0.2) is 10.9 Å². The van der Waals surface area contributed by atoms with Crippen molar-refractivity contribution < 1.29 is 9.59 Å². The first kappa shape index (κ1) is 7.23. The van der Waals surface area contributed by atoms with E-state index in [1.807, 2.05) is 0 Å². The molecule has 0 spiro atoms. The molecule has 1 aromatic rings. The normalized spacial score (nSPS) is 22.2. The molecule has 1 saturated heterocycles. The quantitative estimate of drug-likeness (QED) is 0.603. The Hall–Kier alpha value is -1.43. The summed E-state index contributed by atoms with van der Waals surface area (Å²) in [6.07, 6.45) is 0. The van der Waals surface area contributed by atoms with Crippen LogP contribution >= 0.6 is 11.3 Å². The molecule has 0 saturated carbocycles. The van der Waals surface area contributed by atoms with Gasteiger partial charge in [0.25, 0.3) is 5.91 Å². The summed E-state index contributed by atoms with van der Waals surface area (Å²) < 4.78 is 0. The number of hydrogen-bond donors (Lipinski definition) is 2. The maximum absolute atomic E-state index is 11.1. The average Bonchev–Trinajstić information content (AvgIpc) is 2.58. The van der Waals surface area contributed by atoms with Gasteiger partial charge in [0.15, 0.2) is 6.04 Å². The standard InChI is InChI=1S/C6H5N3O2S/c10-5-4(8-6(11)9-5)3-1-12-2-7-3/h1-2,4H,(H2,8,9,10,11). The van der Waals surface area contributed by atoms with Crippen LogP contribution in [0.1, 0.15) is 11.7 Å². The van der Waals surface area contributed by atoms with Gasteiger partial charge in [-0.2, -0.15) is 0 Å². The first-order valence-electron chi connectivity index (χ1n) is 3.27. The van der Waals surface area contributed by atoms with E-state index in [-0.39, 0.29) is 5.91 Å². The van der Waals surface area contributed by atoms with E-state index in [4.69, 9.17) is 0 Å². The van der Waals surface area contributed by atoms with Gasteiger partial charge in [-0.1, -0.05) is 0 Å². The van der Waals surface area contributed by atoms with Crippen molar-refractivity contribution >= 4 is 23.3 Å². The second kappa shape index (κ2) is 2.56. The maximum Gasteiger partial charge on any atom is 0.322 e. The monoisotopic (exact) mass is 183 g/mol. The Balaban J connectivity index is 2.26. The van der Waals surface area contributed by atoms with Gasteiger partial charge in [0.2, 0.25) is 0 Å². The summed E-state index contributed by atoms with van der Waals surface area (Å²) in [6.45, 7) is 0. The zero-order valence-electron chi connectivity index (χ0n) is 5.90. The number of urea groups is 1. The average molecular weight is 183 g/mol. The molecule has 5 nitrogen and oxygen atoms in total. The van der Waals surface area contributed by atoms with Gasteiger partial charge in [-0.05, 0) is 0 Å². The molecule has 0 bridgehead atoms. The van der Waals surface area contributed by atoms with E-state index in [0.717, 1.165) is 0 Å². The number of nitrogens with zero attached hydrogens (tertiary/aromatic N) is 1. The molecular weight excluding hydrogens is 178 g/mol. The van der Waals surface area contributed by atoms with Crippen LogP contribution in [0.4, 0.5) is 4.79 Å². The van der Waals surface area contributed by atoms with Gasteiger partial charge < -0.3 is 5.32 Å². The molecule has 1 aliphatic heterocycles. The molecule has 2 heterocycles. The van der Waals surface area contributed by atoms with Crippen molar-refractivity contribution in [2.24, 2.45) is 0 Å². The van der Waals surface area contributed by atoms with Gasteiger partial charge in [-0.3, -0.25) is 10.1 Å². The van der Waals surface area contributed by atoms with Crippen LogP contribution in [0.25, 0.3) is 0 Å². The maximum atomic E-state index is 11.1. The Morgan fingerprint density at radius 2 is 2.33 bits per heavy atom. The number of nitrogens with one attached hydrogen (secondary N) is 2. The Kier molecular flexibility index (Phi) is 1.54. The molecule has 1 unspecified atom stereocenters. The molecule has 1 fully saturated rings. The fourth-order valence-corrected chi connectivity index (χ4v) is 1.57. The predicted octanol–water partition coefficient (Wildman–Crippen LogP) is 0.0236. The Morgan fingerprint density at radius 3 is 2.83 bits per heavy atom. The fourth-order valence-electron chi connectivity index (χ4n) is 0.989. The lowest BCUT2D eigenvalue weighted by Gasteiger charge is -2.00. The second-order valence-corrected chi connectivity index (χ2v) is 3.03. The first-order valence-corrected chi connectivity index (χ1v) is 4.21. The number of carbonyl (C=O) groups excluding carboxylic acids is 2. The van der Waals surface area contributed by atoms with Crippen molar-refractivity contribution in [1.29, 1.82) is 0 Å². The van der Waals surface area contributed by atoms with Crippen LogP contribution < -0.4 is 10.6 Å².